The molecule has 2 aromatic heterocycles. The topological polar surface area (TPSA) is 47.4 Å². The molecule has 0 amide bonds. The van der Waals surface area contributed by atoms with Crippen molar-refractivity contribution in [3.05, 3.63) is 65.9 Å². The van der Waals surface area contributed by atoms with Crippen molar-refractivity contribution < 1.29 is 9.23 Å². The molecule has 3 rings (SSSR count). The van der Waals surface area contributed by atoms with Crippen LogP contribution in [0.3, 0.4) is 0 Å². The standard InChI is InChI=1S/C18H14FN3O/c19-17-8-4-9-18(21-17)23-22-16-7-3-5-14(13-16)10-11-15-6-1-2-12-20-15/h1-2,4,6,8-9,12-13H,3,5,7H2/b22-16+. The van der Waals surface area contributed by atoms with Crippen LogP contribution in [0.5, 0.6) is 5.88 Å². The van der Waals surface area contributed by atoms with Crippen molar-refractivity contribution in [2.45, 2.75) is 19.3 Å². The van der Waals surface area contributed by atoms with E-state index in [2.05, 4.69) is 27.0 Å². The Hall–Kier alpha value is -3.00. The number of hydrogen-bond acceptors (Lipinski definition) is 4. The quantitative estimate of drug-likeness (QED) is 0.484. The molecule has 0 saturated carbocycles. The van der Waals surface area contributed by atoms with Gasteiger partial charge in [0.1, 0.15) is 5.69 Å². The van der Waals surface area contributed by atoms with E-state index >= 15 is 0 Å². The number of nitrogens with zero attached hydrogens (tertiary/aromatic N) is 3. The number of aromatic nitrogens is 2. The van der Waals surface area contributed by atoms with Gasteiger partial charge in [0.05, 0.1) is 5.71 Å². The van der Waals surface area contributed by atoms with E-state index in [0.717, 1.165) is 36.2 Å². The predicted molar refractivity (Wildman–Crippen MR) is 85.3 cm³/mol. The molecule has 1 aliphatic carbocycles. The van der Waals surface area contributed by atoms with E-state index in [9.17, 15) is 4.39 Å². The monoisotopic (exact) mass is 307 g/mol. The first kappa shape index (κ1) is 14.9. The van der Waals surface area contributed by atoms with E-state index in [0.29, 0.717) is 0 Å². The van der Waals surface area contributed by atoms with Crippen LogP contribution in [0.1, 0.15) is 25.0 Å². The lowest BCUT2D eigenvalue weighted by Gasteiger charge is -2.09. The molecule has 2 heterocycles. The average Bonchev–Trinajstić information content (AvgIpc) is 2.60. The van der Waals surface area contributed by atoms with Gasteiger partial charge in [-0.3, -0.25) is 0 Å². The maximum absolute atomic E-state index is 13.0. The minimum atomic E-state index is -0.594. The Bertz CT molecular complexity index is 804. The number of halogens is 1. The SMILES string of the molecule is Fc1cccc(O/N=C2/C=C(C#Cc3ccccn3)CCC2)n1. The van der Waals surface area contributed by atoms with E-state index < -0.39 is 5.95 Å². The highest BCUT2D eigenvalue weighted by Crippen LogP contribution is 2.16. The van der Waals surface area contributed by atoms with Gasteiger partial charge in [-0.05, 0) is 49.5 Å². The Morgan fingerprint density at radius 1 is 1.09 bits per heavy atom. The van der Waals surface area contributed by atoms with E-state index in [1.807, 2.05) is 24.3 Å². The number of pyridine rings is 2. The molecular weight excluding hydrogens is 293 g/mol. The van der Waals surface area contributed by atoms with Crippen molar-refractivity contribution in [1.82, 2.24) is 9.97 Å². The van der Waals surface area contributed by atoms with Gasteiger partial charge >= 0.3 is 0 Å². The first-order valence-electron chi connectivity index (χ1n) is 7.30. The molecule has 5 heteroatoms. The number of hydrogen-bond donors (Lipinski definition) is 0. The maximum atomic E-state index is 13.0. The fourth-order valence-corrected chi connectivity index (χ4v) is 2.10. The van der Waals surface area contributed by atoms with Gasteiger partial charge in [-0.25, -0.2) is 4.98 Å². The zero-order valence-corrected chi connectivity index (χ0v) is 12.4. The Morgan fingerprint density at radius 3 is 2.87 bits per heavy atom. The van der Waals surface area contributed by atoms with Crippen LogP contribution in [0.25, 0.3) is 0 Å². The number of rotatable bonds is 2. The Labute approximate surface area is 133 Å². The third-order valence-corrected chi connectivity index (χ3v) is 3.18. The van der Waals surface area contributed by atoms with Crippen molar-refractivity contribution in [3.63, 3.8) is 0 Å². The predicted octanol–water partition coefficient (Wildman–Crippen LogP) is 3.51. The molecule has 4 nitrogen and oxygen atoms in total. The fraction of sp³-hybridized carbons (Fsp3) is 0.167. The van der Waals surface area contributed by atoms with Gasteiger partial charge in [0, 0.05) is 17.8 Å². The molecule has 0 unspecified atom stereocenters. The second-order valence-electron chi connectivity index (χ2n) is 4.96. The molecule has 114 valence electrons. The molecule has 2 aromatic rings. The molecule has 0 N–H and O–H groups in total. The van der Waals surface area contributed by atoms with Gasteiger partial charge in [-0.1, -0.05) is 23.2 Å². The van der Waals surface area contributed by atoms with Crippen molar-refractivity contribution >= 4 is 5.71 Å². The van der Waals surface area contributed by atoms with E-state index in [1.54, 1.807) is 12.3 Å². The molecule has 0 aliphatic heterocycles. The summed E-state index contributed by atoms with van der Waals surface area (Å²) in [5, 5.41) is 4.03. The van der Waals surface area contributed by atoms with Crippen LogP contribution < -0.4 is 4.84 Å². The van der Waals surface area contributed by atoms with Crippen LogP contribution in [0.15, 0.2) is 59.4 Å². The summed E-state index contributed by atoms with van der Waals surface area (Å²) in [6, 6.07) is 9.96. The molecular formula is C18H14FN3O. The zero-order valence-electron chi connectivity index (χ0n) is 12.4. The molecule has 0 atom stereocenters. The number of allylic oxidation sites excluding steroid dienone is 2. The van der Waals surface area contributed by atoms with Crippen molar-refractivity contribution in [1.29, 1.82) is 0 Å². The largest absolute Gasteiger partial charge is 0.336 e. The highest BCUT2D eigenvalue weighted by molar-refractivity contribution is 5.96. The van der Waals surface area contributed by atoms with Gasteiger partial charge in [0.15, 0.2) is 0 Å². The van der Waals surface area contributed by atoms with Crippen LogP contribution in [-0.2, 0) is 0 Å². The summed E-state index contributed by atoms with van der Waals surface area (Å²) in [5.74, 6) is 5.68. The summed E-state index contributed by atoms with van der Waals surface area (Å²) in [7, 11) is 0. The smallest absolute Gasteiger partial charge is 0.251 e. The summed E-state index contributed by atoms with van der Waals surface area (Å²) in [5.41, 5.74) is 2.49. The van der Waals surface area contributed by atoms with Gasteiger partial charge in [0.25, 0.3) is 5.88 Å². The minimum absolute atomic E-state index is 0.137. The van der Waals surface area contributed by atoms with Crippen molar-refractivity contribution in [2.75, 3.05) is 0 Å². The molecule has 0 aromatic carbocycles. The molecule has 23 heavy (non-hydrogen) atoms. The maximum Gasteiger partial charge on any atom is 0.251 e. The first-order chi connectivity index (χ1) is 11.3. The second-order valence-corrected chi connectivity index (χ2v) is 4.96. The summed E-state index contributed by atoms with van der Waals surface area (Å²) < 4.78 is 13.0. The highest BCUT2D eigenvalue weighted by Gasteiger charge is 2.08. The first-order valence-corrected chi connectivity index (χ1v) is 7.30. The van der Waals surface area contributed by atoms with Crippen molar-refractivity contribution in [3.8, 4) is 17.7 Å². The zero-order chi connectivity index (χ0) is 15.9. The summed E-state index contributed by atoms with van der Waals surface area (Å²) in [6.45, 7) is 0. The summed E-state index contributed by atoms with van der Waals surface area (Å²) in [4.78, 5) is 12.9. The third kappa shape index (κ3) is 4.48. The minimum Gasteiger partial charge on any atom is -0.336 e. The third-order valence-electron chi connectivity index (χ3n) is 3.18. The van der Waals surface area contributed by atoms with Gasteiger partial charge in [-0.15, -0.1) is 0 Å². The molecule has 1 aliphatic rings. The van der Waals surface area contributed by atoms with Crippen LogP contribution >= 0.6 is 0 Å². The Morgan fingerprint density at radius 2 is 2.04 bits per heavy atom. The van der Waals surface area contributed by atoms with Gasteiger partial charge in [-0.2, -0.15) is 9.37 Å². The van der Waals surface area contributed by atoms with Gasteiger partial charge in [0.2, 0.25) is 5.95 Å². The lowest BCUT2D eigenvalue weighted by molar-refractivity contribution is 0.320. The Kier molecular flexibility index (Phi) is 4.75. The van der Waals surface area contributed by atoms with Crippen LogP contribution in [-0.4, -0.2) is 15.7 Å². The van der Waals surface area contributed by atoms with Crippen LogP contribution in [0, 0.1) is 17.8 Å². The summed E-state index contributed by atoms with van der Waals surface area (Å²) >= 11 is 0. The van der Waals surface area contributed by atoms with Crippen LogP contribution in [0.4, 0.5) is 4.39 Å². The summed E-state index contributed by atoms with van der Waals surface area (Å²) in [6.07, 6.45) is 6.26. The van der Waals surface area contributed by atoms with Crippen LogP contribution in [0.2, 0.25) is 0 Å². The normalized spacial score (nSPS) is 15.5. The lowest BCUT2D eigenvalue weighted by atomic mass is 9.98. The molecule has 0 radical (unpaired) electrons. The van der Waals surface area contributed by atoms with E-state index in [4.69, 9.17) is 4.84 Å². The molecule has 0 bridgehead atoms. The molecule has 0 fully saturated rings. The van der Waals surface area contributed by atoms with E-state index in [-0.39, 0.29) is 5.88 Å². The molecule has 0 spiro atoms. The van der Waals surface area contributed by atoms with Gasteiger partial charge < -0.3 is 4.84 Å². The average molecular weight is 307 g/mol. The Balaban J connectivity index is 1.71. The molecule has 0 saturated heterocycles. The highest BCUT2D eigenvalue weighted by atomic mass is 19.1. The van der Waals surface area contributed by atoms with Crippen molar-refractivity contribution in [2.24, 2.45) is 5.16 Å². The van der Waals surface area contributed by atoms with E-state index in [1.165, 1.54) is 12.1 Å². The second kappa shape index (κ2) is 7.32. The number of oxime groups is 1. The fourth-order valence-electron chi connectivity index (χ4n) is 2.10. The lowest BCUT2D eigenvalue weighted by Crippen LogP contribution is -2.05.